The number of piperazine rings is 1. The van der Waals surface area contributed by atoms with Gasteiger partial charge in [-0.25, -0.2) is 4.48 Å². The standard InChI is InChI=1S/C23H31N3O4/c1-3-16-26(17-18-27,23(28)29)21-8-4-19(5-9-21)24-12-14-25(15-13-24)20-6-10-22(30-2)11-7-20/h4-11,27H,3,12-18H2,1-2H3. The summed E-state index contributed by atoms with van der Waals surface area (Å²) in [5.41, 5.74) is 2.90. The lowest BCUT2D eigenvalue weighted by Gasteiger charge is -2.38. The number of nitrogens with zero attached hydrogens (tertiary/aromatic N) is 3. The second-order valence-electron chi connectivity index (χ2n) is 7.59. The Hall–Kier alpha value is -2.77. The predicted molar refractivity (Wildman–Crippen MR) is 118 cm³/mol. The van der Waals surface area contributed by atoms with Crippen LogP contribution in [0.1, 0.15) is 13.3 Å². The van der Waals surface area contributed by atoms with Crippen molar-refractivity contribution in [2.45, 2.75) is 13.3 Å². The van der Waals surface area contributed by atoms with Crippen molar-refractivity contribution in [1.29, 1.82) is 0 Å². The molecule has 1 fully saturated rings. The fourth-order valence-electron chi connectivity index (χ4n) is 4.18. The molecule has 0 spiro atoms. The van der Waals surface area contributed by atoms with E-state index in [4.69, 9.17) is 4.74 Å². The Labute approximate surface area is 178 Å². The molecular weight excluding hydrogens is 382 g/mol. The molecule has 0 saturated carbocycles. The Morgan fingerprint density at radius 1 is 0.967 bits per heavy atom. The van der Waals surface area contributed by atoms with Crippen LogP contribution in [0.3, 0.4) is 0 Å². The van der Waals surface area contributed by atoms with Gasteiger partial charge in [-0.15, -0.1) is 0 Å². The zero-order valence-corrected chi connectivity index (χ0v) is 17.8. The van der Waals surface area contributed by atoms with E-state index in [1.54, 1.807) is 7.11 Å². The molecule has 30 heavy (non-hydrogen) atoms. The van der Waals surface area contributed by atoms with Crippen LogP contribution in [0.25, 0.3) is 0 Å². The van der Waals surface area contributed by atoms with Gasteiger partial charge in [-0.2, -0.15) is 0 Å². The first-order valence-electron chi connectivity index (χ1n) is 10.5. The molecular formula is C23H31N3O4. The van der Waals surface area contributed by atoms with E-state index in [2.05, 4.69) is 21.9 Å². The Morgan fingerprint density at radius 3 is 1.87 bits per heavy atom. The van der Waals surface area contributed by atoms with Crippen molar-refractivity contribution >= 4 is 23.2 Å². The molecule has 1 unspecified atom stereocenters. The molecule has 7 heteroatoms. The molecule has 1 aliphatic rings. The number of hydrogen-bond donors (Lipinski definition) is 1. The lowest BCUT2D eigenvalue weighted by Crippen LogP contribution is -2.61. The van der Waals surface area contributed by atoms with E-state index in [1.165, 1.54) is 5.69 Å². The van der Waals surface area contributed by atoms with Crippen LogP contribution in [-0.2, 0) is 0 Å². The molecule has 1 atom stereocenters. The summed E-state index contributed by atoms with van der Waals surface area (Å²) < 4.78 is 4.88. The number of ether oxygens (including phenoxy) is 1. The highest BCUT2D eigenvalue weighted by molar-refractivity contribution is 5.79. The summed E-state index contributed by atoms with van der Waals surface area (Å²) in [6, 6.07) is 15.8. The number of benzene rings is 2. The number of aliphatic hydroxyl groups excluding tert-OH is 1. The third-order valence-corrected chi connectivity index (χ3v) is 5.86. The van der Waals surface area contributed by atoms with Crippen LogP contribution in [0.5, 0.6) is 5.75 Å². The molecule has 1 heterocycles. The van der Waals surface area contributed by atoms with Crippen molar-refractivity contribution in [3.63, 3.8) is 0 Å². The lowest BCUT2D eigenvalue weighted by molar-refractivity contribution is -0.264. The third-order valence-electron chi connectivity index (χ3n) is 5.86. The van der Waals surface area contributed by atoms with Crippen LogP contribution < -0.4 is 24.1 Å². The third kappa shape index (κ3) is 4.52. The molecule has 0 aliphatic carbocycles. The molecule has 0 aromatic heterocycles. The molecule has 2 aromatic rings. The molecule has 3 rings (SSSR count). The molecule has 162 valence electrons. The number of carbonyl (C=O) groups excluding carboxylic acids is 1. The van der Waals surface area contributed by atoms with Crippen molar-refractivity contribution in [2.75, 3.05) is 62.8 Å². The first-order valence-corrected chi connectivity index (χ1v) is 10.5. The molecule has 2 aromatic carbocycles. The molecule has 0 radical (unpaired) electrons. The van der Waals surface area contributed by atoms with Gasteiger partial charge in [0.1, 0.15) is 18.0 Å². The van der Waals surface area contributed by atoms with Gasteiger partial charge in [-0.1, -0.05) is 6.92 Å². The fourth-order valence-corrected chi connectivity index (χ4v) is 4.18. The predicted octanol–water partition coefficient (Wildman–Crippen LogP) is 2.07. The van der Waals surface area contributed by atoms with Crippen molar-refractivity contribution in [3.8, 4) is 5.75 Å². The van der Waals surface area contributed by atoms with Gasteiger partial charge < -0.3 is 29.5 Å². The number of rotatable bonds is 8. The van der Waals surface area contributed by atoms with E-state index in [9.17, 15) is 15.0 Å². The van der Waals surface area contributed by atoms with Crippen LogP contribution in [0.2, 0.25) is 0 Å². The largest absolute Gasteiger partial charge is 0.498 e. The highest BCUT2D eigenvalue weighted by atomic mass is 16.5. The molecule has 0 bridgehead atoms. The summed E-state index contributed by atoms with van der Waals surface area (Å²) in [6.07, 6.45) is -0.491. The van der Waals surface area contributed by atoms with Crippen LogP contribution >= 0.6 is 0 Å². The minimum atomic E-state index is -1.17. The van der Waals surface area contributed by atoms with E-state index in [-0.39, 0.29) is 17.6 Å². The van der Waals surface area contributed by atoms with Gasteiger partial charge in [-0.05, 0) is 42.8 Å². The van der Waals surface area contributed by atoms with Gasteiger partial charge >= 0.3 is 0 Å². The van der Waals surface area contributed by atoms with Crippen LogP contribution in [0, 0.1) is 0 Å². The summed E-state index contributed by atoms with van der Waals surface area (Å²) in [7, 11) is 1.67. The highest BCUT2D eigenvalue weighted by Crippen LogP contribution is 2.28. The summed E-state index contributed by atoms with van der Waals surface area (Å²) in [4.78, 5) is 16.6. The maximum absolute atomic E-state index is 11.9. The molecule has 1 N–H and O–H groups in total. The van der Waals surface area contributed by atoms with Crippen molar-refractivity contribution in [2.24, 2.45) is 0 Å². The molecule has 1 amide bonds. The smallest absolute Gasteiger partial charge is 0.262 e. The highest BCUT2D eigenvalue weighted by Gasteiger charge is 2.32. The monoisotopic (exact) mass is 413 g/mol. The SMILES string of the molecule is CCC[N+](CCO)(C(=O)[O-])c1ccc(N2CCN(c3ccc(OC)cc3)CC2)cc1. The first-order chi connectivity index (χ1) is 14.5. The van der Waals surface area contributed by atoms with Gasteiger partial charge in [0.05, 0.1) is 20.3 Å². The van der Waals surface area contributed by atoms with Gasteiger partial charge in [0.2, 0.25) is 0 Å². The van der Waals surface area contributed by atoms with E-state index in [1.807, 2.05) is 43.3 Å². The van der Waals surface area contributed by atoms with Gasteiger partial charge in [-0.3, -0.25) is 0 Å². The van der Waals surface area contributed by atoms with E-state index >= 15 is 0 Å². The number of aliphatic hydroxyl groups is 1. The van der Waals surface area contributed by atoms with Gasteiger partial charge in [0, 0.05) is 49.7 Å². The number of hydrogen-bond acceptors (Lipinski definition) is 6. The summed E-state index contributed by atoms with van der Waals surface area (Å²) in [6.45, 7) is 5.82. The van der Waals surface area contributed by atoms with Gasteiger partial charge in [0.15, 0.2) is 0 Å². The maximum Gasteiger partial charge on any atom is 0.262 e. The number of carboxylic acid groups (broad SMARTS) is 1. The van der Waals surface area contributed by atoms with Crippen LogP contribution in [0.4, 0.5) is 21.9 Å². The maximum atomic E-state index is 11.9. The topological polar surface area (TPSA) is 76.1 Å². The second kappa shape index (κ2) is 9.82. The lowest BCUT2D eigenvalue weighted by atomic mass is 10.1. The quantitative estimate of drug-likeness (QED) is 0.668. The van der Waals surface area contributed by atoms with Crippen molar-refractivity contribution in [1.82, 2.24) is 4.48 Å². The molecule has 7 nitrogen and oxygen atoms in total. The van der Waals surface area contributed by atoms with Crippen LogP contribution in [0.15, 0.2) is 48.5 Å². The molecule has 1 aliphatic heterocycles. The van der Waals surface area contributed by atoms with Gasteiger partial charge in [0.25, 0.3) is 6.09 Å². The van der Waals surface area contributed by atoms with E-state index in [0.29, 0.717) is 18.7 Å². The first kappa shape index (κ1) is 21.9. The van der Waals surface area contributed by atoms with E-state index < -0.39 is 6.09 Å². The summed E-state index contributed by atoms with van der Waals surface area (Å²) >= 11 is 0. The average Bonchev–Trinajstić information content (AvgIpc) is 2.79. The van der Waals surface area contributed by atoms with Crippen molar-refractivity contribution < 1.29 is 19.7 Å². The van der Waals surface area contributed by atoms with Crippen LogP contribution in [-0.4, -0.2) is 64.2 Å². The Balaban J connectivity index is 1.68. The normalized spacial score (nSPS) is 16.2. The molecule has 1 saturated heterocycles. The minimum Gasteiger partial charge on any atom is -0.498 e. The second-order valence-corrected chi connectivity index (χ2v) is 7.59. The number of carbonyl (C=O) groups is 1. The fraction of sp³-hybridized carbons (Fsp3) is 0.435. The number of quaternary nitrogens is 1. The zero-order chi connectivity index (χ0) is 21.6. The Kier molecular flexibility index (Phi) is 7.18. The number of methoxy groups -OCH3 is 1. The Morgan fingerprint density at radius 2 is 1.47 bits per heavy atom. The van der Waals surface area contributed by atoms with Crippen molar-refractivity contribution in [3.05, 3.63) is 48.5 Å². The minimum absolute atomic E-state index is 0.107. The average molecular weight is 414 g/mol. The zero-order valence-electron chi connectivity index (χ0n) is 17.8. The Bertz CT molecular complexity index is 809. The number of amides is 1. The summed E-state index contributed by atoms with van der Waals surface area (Å²) in [5.74, 6) is 0.854. The summed E-state index contributed by atoms with van der Waals surface area (Å²) in [5, 5.41) is 21.3. The van der Waals surface area contributed by atoms with E-state index in [0.717, 1.165) is 37.6 Å². The number of anilines is 2.